The minimum Gasteiger partial charge on any atom is -0.389 e. The zero-order valence-electron chi connectivity index (χ0n) is 3.52. The molecule has 32 valence electrons. The monoisotopic (exact) mass is 81.1 g/mol. The summed E-state index contributed by atoms with van der Waals surface area (Å²) in [5.74, 6) is 0. The molecule has 1 heterocycles. The predicted molar refractivity (Wildman–Crippen MR) is 23.7 cm³/mol. The van der Waals surface area contributed by atoms with Crippen LogP contribution < -0.4 is 5.32 Å². The maximum atomic E-state index is 2.95. The van der Waals surface area contributed by atoms with Crippen LogP contribution >= 0.6 is 0 Å². The SMILES string of the molecule is [C-]1=CC[NH2+]C=C1. The fraction of sp³-hybridized carbons (Fsp3) is 0.200. The summed E-state index contributed by atoms with van der Waals surface area (Å²) in [6.07, 6.45) is 8.85. The Bertz CT molecular complexity index is 69.9. The molecule has 1 rings (SSSR count). The molecule has 0 saturated carbocycles. The first kappa shape index (κ1) is 3.62. The van der Waals surface area contributed by atoms with E-state index < -0.39 is 0 Å². The van der Waals surface area contributed by atoms with Crippen LogP contribution in [-0.2, 0) is 0 Å². The van der Waals surface area contributed by atoms with Crippen molar-refractivity contribution in [1.82, 2.24) is 0 Å². The van der Waals surface area contributed by atoms with Gasteiger partial charge in [-0.05, 0) is 6.20 Å². The van der Waals surface area contributed by atoms with Crippen molar-refractivity contribution >= 4 is 0 Å². The molecule has 1 nitrogen and oxygen atoms in total. The summed E-state index contributed by atoms with van der Waals surface area (Å²) in [7, 11) is 0. The highest BCUT2D eigenvalue weighted by molar-refractivity contribution is 4.92. The highest BCUT2D eigenvalue weighted by Crippen LogP contribution is 1.69. The predicted octanol–water partition coefficient (Wildman–Crippen LogP) is -0.564. The van der Waals surface area contributed by atoms with Gasteiger partial charge in [-0.15, -0.1) is 6.08 Å². The van der Waals surface area contributed by atoms with E-state index in [4.69, 9.17) is 0 Å². The van der Waals surface area contributed by atoms with Gasteiger partial charge in [0, 0.05) is 0 Å². The maximum Gasteiger partial charge on any atom is 0.0682 e. The normalized spacial score (nSPS) is 18.7. The maximum absolute atomic E-state index is 2.95. The minimum absolute atomic E-state index is 1.05. The van der Waals surface area contributed by atoms with Gasteiger partial charge in [-0.3, -0.25) is 0 Å². The van der Waals surface area contributed by atoms with Gasteiger partial charge in [0.25, 0.3) is 0 Å². The van der Waals surface area contributed by atoms with Crippen LogP contribution in [0.5, 0.6) is 0 Å². The van der Waals surface area contributed by atoms with Crippen molar-refractivity contribution in [3.63, 3.8) is 0 Å². The molecule has 0 aromatic heterocycles. The largest absolute Gasteiger partial charge is 0.389 e. The Morgan fingerprint density at radius 2 is 2.67 bits per heavy atom. The van der Waals surface area contributed by atoms with Gasteiger partial charge < -0.3 is 5.32 Å². The average Bonchev–Trinajstić information content (AvgIpc) is 1.72. The first-order chi connectivity index (χ1) is 3.00. The molecule has 0 fully saturated rings. The van der Waals surface area contributed by atoms with Gasteiger partial charge in [-0.1, -0.05) is 0 Å². The van der Waals surface area contributed by atoms with E-state index in [9.17, 15) is 0 Å². The molecule has 0 spiro atoms. The lowest BCUT2D eigenvalue weighted by molar-refractivity contribution is -0.578. The van der Waals surface area contributed by atoms with Crippen molar-refractivity contribution in [2.45, 2.75) is 0 Å². The van der Waals surface area contributed by atoms with Gasteiger partial charge in [0.05, 0.1) is 6.54 Å². The Hall–Kier alpha value is -0.560. The van der Waals surface area contributed by atoms with E-state index in [1.807, 2.05) is 18.4 Å². The molecule has 0 unspecified atom stereocenters. The first-order valence-electron chi connectivity index (χ1n) is 2.06. The smallest absolute Gasteiger partial charge is 0.0682 e. The lowest BCUT2D eigenvalue weighted by atomic mass is 10.4. The molecule has 0 radical (unpaired) electrons. The molecule has 1 aliphatic heterocycles. The van der Waals surface area contributed by atoms with Gasteiger partial charge in [0.2, 0.25) is 0 Å². The summed E-state index contributed by atoms with van der Waals surface area (Å²) in [6, 6.07) is 0. The fourth-order valence-electron chi connectivity index (χ4n) is 0.406. The summed E-state index contributed by atoms with van der Waals surface area (Å²) < 4.78 is 0. The van der Waals surface area contributed by atoms with Crippen molar-refractivity contribution in [1.29, 1.82) is 0 Å². The Balaban J connectivity index is 2.46. The zero-order valence-corrected chi connectivity index (χ0v) is 3.52. The molecule has 0 saturated heterocycles. The molecule has 6 heavy (non-hydrogen) atoms. The Morgan fingerprint density at radius 1 is 1.67 bits per heavy atom. The molecule has 0 amide bonds. The van der Waals surface area contributed by atoms with E-state index >= 15 is 0 Å². The standard InChI is InChI=1S/C5H6N/c1-2-4-6-5-3-1/h2-4,6H,5H2/q-1/p+1. The van der Waals surface area contributed by atoms with Crippen LogP contribution in [0.3, 0.4) is 0 Å². The molecule has 0 aromatic rings. The van der Waals surface area contributed by atoms with Crippen LogP contribution in [0.15, 0.2) is 18.4 Å². The zero-order chi connectivity index (χ0) is 4.24. The summed E-state index contributed by atoms with van der Waals surface area (Å²) in [5, 5.41) is 2.09. The lowest BCUT2D eigenvalue weighted by Gasteiger charge is -1.98. The van der Waals surface area contributed by atoms with Crippen LogP contribution in [0.1, 0.15) is 0 Å². The second-order valence-corrected chi connectivity index (χ2v) is 1.20. The third kappa shape index (κ3) is 0.692. The highest BCUT2D eigenvalue weighted by atomic mass is 14.8. The number of rotatable bonds is 0. The summed E-state index contributed by atoms with van der Waals surface area (Å²) >= 11 is 0. The van der Waals surface area contributed by atoms with Gasteiger partial charge in [0.1, 0.15) is 0 Å². The number of nitrogens with two attached hydrogens (primary N) is 1. The van der Waals surface area contributed by atoms with Crippen LogP contribution in [0.25, 0.3) is 0 Å². The highest BCUT2D eigenvalue weighted by Gasteiger charge is 1.69. The average molecular weight is 81.1 g/mol. The molecule has 2 N–H and O–H groups in total. The molecule has 0 aromatic carbocycles. The van der Waals surface area contributed by atoms with E-state index in [0.717, 1.165) is 6.54 Å². The van der Waals surface area contributed by atoms with E-state index in [1.165, 1.54) is 0 Å². The third-order valence-electron chi connectivity index (χ3n) is 0.700. The van der Waals surface area contributed by atoms with Gasteiger partial charge in [0.15, 0.2) is 0 Å². The molecule has 0 atom stereocenters. The quantitative estimate of drug-likeness (QED) is 0.376. The van der Waals surface area contributed by atoms with Crippen molar-refractivity contribution in [3.05, 3.63) is 24.4 Å². The Kier molecular flexibility index (Phi) is 1.07. The van der Waals surface area contributed by atoms with Crippen LogP contribution in [0, 0.1) is 6.08 Å². The minimum atomic E-state index is 1.05. The number of hydrogen-bond donors (Lipinski definition) is 1. The number of quaternary nitrogens is 1. The van der Waals surface area contributed by atoms with Crippen LogP contribution in [0.2, 0.25) is 0 Å². The van der Waals surface area contributed by atoms with E-state index in [1.54, 1.807) is 0 Å². The first-order valence-corrected chi connectivity index (χ1v) is 2.06. The second kappa shape index (κ2) is 1.78. The second-order valence-electron chi connectivity index (χ2n) is 1.20. The Labute approximate surface area is 37.4 Å². The van der Waals surface area contributed by atoms with E-state index in [2.05, 4.69) is 11.4 Å². The van der Waals surface area contributed by atoms with Crippen LogP contribution in [0.4, 0.5) is 0 Å². The number of hydrogen-bond acceptors (Lipinski definition) is 0. The summed E-state index contributed by atoms with van der Waals surface area (Å²) in [5.41, 5.74) is 0. The molecule has 0 aliphatic carbocycles. The van der Waals surface area contributed by atoms with Gasteiger partial charge >= 0.3 is 0 Å². The van der Waals surface area contributed by atoms with Crippen molar-refractivity contribution < 1.29 is 5.32 Å². The van der Waals surface area contributed by atoms with Crippen LogP contribution in [-0.4, -0.2) is 6.54 Å². The van der Waals surface area contributed by atoms with E-state index in [-0.39, 0.29) is 0 Å². The summed E-state index contributed by atoms with van der Waals surface area (Å²) in [6.45, 7) is 1.05. The fourth-order valence-corrected chi connectivity index (χ4v) is 0.406. The van der Waals surface area contributed by atoms with Gasteiger partial charge in [-0.25, -0.2) is 6.08 Å². The molecular formula is C5H7N. The van der Waals surface area contributed by atoms with Crippen molar-refractivity contribution in [2.24, 2.45) is 0 Å². The Morgan fingerprint density at radius 3 is 2.83 bits per heavy atom. The van der Waals surface area contributed by atoms with Crippen molar-refractivity contribution in [3.8, 4) is 0 Å². The topological polar surface area (TPSA) is 16.6 Å². The lowest BCUT2D eigenvalue weighted by Crippen LogP contribution is -2.78. The molecule has 1 heteroatoms. The molecular weight excluding hydrogens is 74.1 g/mol. The van der Waals surface area contributed by atoms with E-state index in [0.29, 0.717) is 0 Å². The molecule has 1 aliphatic rings. The summed E-state index contributed by atoms with van der Waals surface area (Å²) in [4.78, 5) is 0. The molecule has 0 bridgehead atoms. The third-order valence-corrected chi connectivity index (χ3v) is 0.700. The van der Waals surface area contributed by atoms with Gasteiger partial charge in [-0.2, -0.15) is 6.08 Å². The van der Waals surface area contributed by atoms with Crippen molar-refractivity contribution in [2.75, 3.05) is 6.54 Å². The number of allylic oxidation sites excluding steroid dienone is 2.